The van der Waals surface area contributed by atoms with Gasteiger partial charge < -0.3 is 20.2 Å². The molecule has 0 saturated heterocycles. The highest BCUT2D eigenvalue weighted by Gasteiger charge is 2.46. The summed E-state index contributed by atoms with van der Waals surface area (Å²) in [6, 6.07) is 7.51. The number of thiazole rings is 1. The average Bonchev–Trinajstić information content (AvgIpc) is 3.32. The molecule has 1 saturated carbocycles. The second-order valence-electron chi connectivity index (χ2n) is 7.60. The van der Waals surface area contributed by atoms with E-state index in [0.29, 0.717) is 19.3 Å². The Hall–Kier alpha value is -2.27. The van der Waals surface area contributed by atoms with Crippen LogP contribution in [0.3, 0.4) is 0 Å². The van der Waals surface area contributed by atoms with Crippen LogP contribution in [0, 0.1) is 12.5 Å². The van der Waals surface area contributed by atoms with Crippen molar-refractivity contribution in [2.24, 2.45) is 5.92 Å². The van der Waals surface area contributed by atoms with E-state index in [1.54, 1.807) is 0 Å². The zero-order valence-corrected chi connectivity index (χ0v) is 17.2. The van der Waals surface area contributed by atoms with Crippen LogP contribution in [0.2, 0.25) is 0 Å². The minimum atomic E-state index is -0.961. The summed E-state index contributed by atoms with van der Waals surface area (Å²) >= 11 is 1.19. The topological polar surface area (TPSA) is 95.0 Å². The fourth-order valence-electron chi connectivity index (χ4n) is 4.27. The summed E-state index contributed by atoms with van der Waals surface area (Å²) in [6.07, 6.45) is 3.70. The summed E-state index contributed by atoms with van der Waals surface area (Å²) in [4.78, 5) is 19.2. The minimum absolute atomic E-state index is 0.0448. The number of nitrogens with zero attached hydrogens (tertiary/aromatic N) is 2. The van der Waals surface area contributed by atoms with Crippen LogP contribution in [-0.4, -0.2) is 38.4 Å². The van der Waals surface area contributed by atoms with E-state index in [1.165, 1.54) is 17.5 Å². The van der Waals surface area contributed by atoms with Gasteiger partial charge in [0.15, 0.2) is 0 Å². The van der Waals surface area contributed by atoms with Crippen molar-refractivity contribution in [2.45, 2.75) is 63.2 Å². The zero-order valence-electron chi connectivity index (χ0n) is 16.4. The number of aromatic carboxylic acids is 1. The Morgan fingerprint density at radius 3 is 2.69 bits per heavy atom. The first kappa shape index (κ1) is 21.4. The summed E-state index contributed by atoms with van der Waals surface area (Å²) < 4.78 is 0. The highest BCUT2D eigenvalue weighted by molar-refractivity contribution is 7.13. The van der Waals surface area contributed by atoms with Gasteiger partial charge in [-0.1, -0.05) is 31.2 Å². The Bertz CT molecular complexity index is 874. The van der Waals surface area contributed by atoms with Gasteiger partial charge in [-0.15, -0.1) is 11.3 Å². The highest BCUT2D eigenvalue weighted by Crippen LogP contribution is 2.44. The van der Waals surface area contributed by atoms with Gasteiger partial charge in [0.25, 0.3) is 0 Å². The summed E-state index contributed by atoms with van der Waals surface area (Å²) in [5.74, 6) is -1.02. The highest BCUT2D eigenvalue weighted by atomic mass is 32.1. The number of carboxylic acid groups (broad SMARTS) is 1. The lowest BCUT2D eigenvalue weighted by Gasteiger charge is -2.22. The van der Waals surface area contributed by atoms with Gasteiger partial charge in [0, 0.05) is 18.3 Å². The summed E-state index contributed by atoms with van der Waals surface area (Å²) in [6.45, 7) is 9.47. The van der Waals surface area contributed by atoms with Gasteiger partial charge in [-0.05, 0) is 36.8 Å². The average molecular weight is 415 g/mol. The molecule has 1 aliphatic rings. The number of carboxylic acids is 1. The Morgan fingerprint density at radius 1 is 1.38 bits per heavy atom. The first-order valence-electron chi connectivity index (χ1n) is 9.95. The van der Waals surface area contributed by atoms with Crippen LogP contribution in [0.5, 0.6) is 0 Å². The molecule has 0 amide bonds. The van der Waals surface area contributed by atoms with Gasteiger partial charge in [0.2, 0.25) is 6.04 Å². The maximum atomic E-state index is 11.0. The molecule has 1 heterocycles. The van der Waals surface area contributed by atoms with Crippen LogP contribution in [0.25, 0.3) is 4.85 Å². The molecule has 0 aliphatic heterocycles. The molecule has 6 nitrogen and oxygen atoms in total. The number of aryl methyl sites for hydroxylation is 1. The predicted octanol–water partition coefficient (Wildman–Crippen LogP) is 4.06. The van der Waals surface area contributed by atoms with Crippen LogP contribution in [-0.2, 0) is 6.42 Å². The SMILES string of the molecule is [C-]#[N+][C@@H]1C[C@@H](O)C(c2ccc(C(O)CC)cc2)C1CCCc1ncc(C(=O)O)s1. The van der Waals surface area contributed by atoms with Crippen molar-refractivity contribution in [3.63, 3.8) is 0 Å². The number of hydrogen-bond acceptors (Lipinski definition) is 5. The molecule has 0 spiro atoms. The molecule has 1 aliphatic carbocycles. The molecule has 0 radical (unpaired) electrons. The van der Waals surface area contributed by atoms with E-state index in [0.717, 1.165) is 29.0 Å². The second kappa shape index (κ2) is 9.49. The molecule has 29 heavy (non-hydrogen) atoms. The number of aliphatic hydroxyl groups excluding tert-OH is 2. The molecule has 0 bridgehead atoms. The van der Waals surface area contributed by atoms with E-state index < -0.39 is 18.2 Å². The smallest absolute Gasteiger partial charge is 0.347 e. The molecule has 3 rings (SSSR count). The van der Waals surface area contributed by atoms with Crippen molar-refractivity contribution >= 4 is 17.3 Å². The normalized spacial score (nSPS) is 24.9. The molecule has 2 aromatic rings. The Kier molecular flexibility index (Phi) is 7.01. The standard InChI is InChI=1S/C22H26N2O4S/c1-3-17(25)13-7-9-14(10-8-13)21-15(16(23-2)11-18(21)26)5-4-6-20-24-12-19(29-20)22(27)28/h7-10,12,15-18,21,25-26H,3-6,11H2,1H3,(H,27,28)/t15?,16-,17?,18-,21?/m1/s1. The van der Waals surface area contributed by atoms with E-state index in [-0.39, 0.29) is 22.8 Å². The first-order chi connectivity index (χ1) is 13.9. The van der Waals surface area contributed by atoms with Crippen molar-refractivity contribution in [2.75, 3.05) is 0 Å². The van der Waals surface area contributed by atoms with Crippen molar-refractivity contribution in [3.05, 3.63) is 62.9 Å². The molecule has 3 N–H and O–H groups in total. The number of aromatic nitrogens is 1. The number of carbonyl (C=O) groups is 1. The third-order valence-electron chi connectivity index (χ3n) is 5.80. The Morgan fingerprint density at radius 2 is 2.10 bits per heavy atom. The van der Waals surface area contributed by atoms with Crippen LogP contribution in [0.4, 0.5) is 0 Å². The van der Waals surface area contributed by atoms with Gasteiger partial charge in [-0.2, -0.15) is 0 Å². The third-order valence-corrected chi connectivity index (χ3v) is 6.85. The third kappa shape index (κ3) is 4.84. The molecular formula is C22H26N2O4S. The summed E-state index contributed by atoms with van der Waals surface area (Å²) in [5, 5.41) is 30.5. The molecule has 3 unspecified atom stereocenters. The predicted molar refractivity (Wildman–Crippen MR) is 111 cm³/mol. The summed E-state index contributed by atoms with van der Waals surface area (Å²) in [7, 11) is 0. The van der Waals surface area contributed by atoms with Crippen molar-refractivity contribution in [3.8, 4) is 0 Å². The van der Waals surface area contributed by atoms with E-state index in [4.69, 9.17) is 11.7 Å². The van der Waals surface area contributed by atoms with Crippen molar-refractivity contribution in [1.29, 1.82) is 0 Å². The molecular weight excluding hydrogens is 388 g/mol. The number of hydrogen-bond donors (Lipinski definition) is 3. The maximum Gasteiger partial charge on any atom is 0.347 e. The van der Waals surface area contributed by atoms with Gasteiger partial charge in [-0.25, -0.2) is 16.4 Å². The van der Waals surface area contributed by atoms with E-state index in [9.17, 15) is 15.0 Å². The zero-order chi connectivity index (χ0) is 21.0. The fourth-order valence-corrected chi connectivity index (χ4v) is 5.07. The van der Waals surface area contributed by atoms with Gasteiger partial charge in [0.1, 0.15) is 4.88 Å². The monoisotopic (exact) mass is 414 g/mol. The molecule has 1 aromatic carbocycles. The molecule has 1 fully saturated rings. The largest absolute Gasteiger partial charge is 0.477 e. The van der Waals surface area contributed by atoms with Crippen LogP contribution in [0.15, 0.2) is 30.5 Å². The van der Waals surface area contributed by atoms with Gasteiger partial charge in [-0.3, -0.25) is 0 Å². The van der Waals surface area contributed by atoms with Crippen molar-refractivity contribution < 1.29 is 20.1 Å². The van der Waals surface area contributed by atoms with Crippen LogP contribution in [0.1, 0.15) is 70.4 Å². The Labute approximate surface area is 174 Å². The molecule has 7 heteroatoms. The lowest BCUT2D eigenvalue weighted by molar-refractivity contribution is 0.0702. The van der Waals surface area contributed by atoms with Crippen molar-refractivity contribution in [1.82, 2.24) is 4.98 Å². The van der Waals surface area contributed by atoms with Crippen LogP contribution < -0.4 is 0 Å². The van der Waals surface area contributed by atoms with E-state index in [1.807, 2.05) is 31.2 Å². The lowest BCUT2D eigenvalue weighted by Crippen LogP contribution is -2.19. The fraction of sp³-hybridized carbons (Fsp3) is 0.500. The van der Waals surface area contributed by atoms with E-state index in [2.05, 4.69) is 9.83 Å². The molecule has 5 atom stereocenters. The number of aliphatic hydroxyl groups is 2. The summed E-state index contributed by atoms with van der Waals surface area (Å²) in [5.41, 5.74) is 1.86. The molecule has 1 aromatic heterocycles. The second-order valence-corrected chi connectivity index (χ2v) is 8.71. The lowest BCUT2D eigenvalue weighted by atomic mass is 9.83. The van der Waals surface area contributed by atoms with Gasteiger partial charge in [0.05, 0.1) is 23.4 Å². The molecule has 154 valence electrons. The van der Waals surface area contributed by atoms with Crippen LogP contribution >= 0.6 is 11.3 Å². The Balaban J connectivity index is 1.70. The minimum Gasteiger partial charge on any atom is -0.477 e. The number of rotatable bonds is 8. The quantitative estimate of drug-likeness (QED) is 0.566. The number of benzene rings is 1. The van der Waals surface area contributed by atoms with E-state index >= 15 is 0 Å². The first-order valence-corrected chi connectivity index (χ1v) is 10.8. The maximum absolute atomic E-state index is 11.0. The van der Waals surface area contributed by atoms with Gasteiger partial charge >= 0.3 is 5.97 Å².